The zero-order valence-corrected chi connectivity index (χ0v) is 15.3. The number of imidazole rings is 1. The lowest BCUT2D eigenvalue weighted by Crippen LogP contribution is -2.40. The van der Waals surface area contributed by atoms with Gasteiger partial charge in [0, 0.05) is 25.0 Å². The van der Waals surface area contributed by atoms with E-state index in [4.69, 9.17) is 4.42 Å². The number of hydrogen-bond donors (Lipinski definition) is 0. The zero-order valence-electron chi connectivity index (χ0n) is 15.3. The van der Waals surface area contributed by atoms with Crippen LogP contribution >= 0.6 is 0 Å². The number of carbonyl (C=O) groups is 1. The fraction of sp³-hybridized carbons (Fsp3) is 0.368. The summed E-state index contributed by atoms with van der Waals surface area (Å²) in [5.74, 6) is 1.91. The third-order valence-electron chi connectivity index (χ3n) is 4.91. The van der Waals surface area contributed by atoms with Gasteiger partial charge < -0.3 is 9.32 Å². The largest absolute Gasteiger partial charge is 0.466 e. The summed E-state index contributed by atoms with van der Waals surface area (Å²) in [6, 6.07) is 4.86. The van der Waals surface area contributed by atoms with E-state index in [1.807, 2.05) is 11.8 Å². The Morgan fingerprint density at radius 2 is 2.19 bits per heavy atom. The highest BCUT2D eigenvalue weighted by molar-refractivity contribution is 5.95. The molecular weight excluding hydrogens is 346 g/mol. The maximum absolute atomic E-state index is 13.0. The fourth-order valence-corrected chi connectivity index (χ4v) is 3.59. The molecule has 3 aromatic heterocycles. The first-order valence-corrected chi connectivity index (χ1v) is 8.97. The normalized spacial score (nSPS) is 16.8. The molecule has 0 saturated carbocycles. The van der Waals surface area contributed by atoms with Gasteiger partial charge in [0.25, 0.3) is 11.5 Å². The molecule has 140 valence electrons. The van der Waals surface area contributed by atoms with Crippen LogP contribution in [0.5, 0.6) is 0 Å². The van der Waals surface area contributed by atoms with Crippen molar-refractivity contribution in [3.05, 3.63) is 64.4 Å². The number of furan rings is 1. The molecule has 1 amide bonds. The molecule has 0 aromatic carbocycles. The van der Waals surface area contributed by atoms with Gasteiger partial charge in [-0.3, -0.25) is 14.2 Å². The Balaban J connectivity index is 1.58. The topological polar surface area (TPSA) is 86.2 Å². The number of nitrogens with zero attached hydrogens (tertiary/aromatic N) is 5. The van der Waals surface area contributed by atoms with Gasteiger partial charge in [-0.2, -0.15) is 5.10 Å². The van der Waals surface area contributed by atoms with Crippen LogP contribution in [0.4, 0.5) is 0 Å². The van der Waals surface area contributed by atoms with Gasteiger partial charge in [0.1, 0.15) is 17.8 Å². The summed E-state index contributed by atoms with van der Waals surface area (Å²) in [6.45, 7) is 4.66. The highest BCUT2D eigenvalue weighted by atomic mass is 16.3. The number of rotatable bonds is 4. The van der Waals surface area contributed by atoms with Crippen molar-refractivity contribution in [1.82, 2.24) is 24.2 Å². The quantitative estimate of drug-likeness (QED) is 0.703. The van der Waals surface area contributed by atoms with E-state index in [2.05, 4.69) is 10.1 Å². The van der Waals surface area contributed by atoms with Crippen molar-refractivity contribution in [2.45, 2.75) is 39.3 Å². The molecule has 1 fully saturated rings. The zero-order chi connectivity index (χ0) is 19.0. The van der Waals surface area contributed by atoms with E-state index < -0.39 is 0 Å². The second-order valence-electron chi connectivity index (χ2n) is 6.80. The molecular formula is C19H21N5O3. The maximum Gasteiger partial charge on any atom is 0.266 e. The minimum atomic E-state index is -0.187. The van der Waals surface area contributed by atoms with E-state index in [1.54, 1.807) is 42.3 Å². The molecule has 1 saturated heterocycles. The molecule has 27 heavy (non-hydrogen) atoms. The lowest BCUT2D eigenvalue weighted by Gasteiger charge is -2.24. The Kier molecular flexibility index (Phi) is 4.39. The molecule has 4 heterocycles. The Morgan fingerprint density at radius 1 is 1.33 bits per heavy atom. The van der Waals surface area contributed by atoms with Crippen LogP contribution in [0.3, 0.4) is 0 Å². The van der Waals surface area contributed by atoms with Crippen LogP contribution in [-0.4, -0.2) is 42.7 Å². The van der Waals surface area contributed by atoms with Crippen molar-refractivity contribution in [1.29, 1.82) is 0 Å². The summed E-state index contributed by atoms with van der Waals surface area (Å²) in [4.78, 5) is 31.1. The van der Waals surface area contributed by atoms with E-state index >= 15 is 0 Å². The van der Waals surface area contributed by atoms with Crippen molar-refractivity contribution >= 4 is 5.91 Å². The predicted octanol–water partition coefficient (Wildman–Crippen LogP) is 1.94. The van der Waals surface area contributed by atoms with Crippen LogP contribution in [0, 0.1) is 13.8 Å². The molecule has 0 spiro atoms. The lowest BCUT2D eigenvalue weighted by atomic mass is 10.2. The van der Waals surface area contributed by atoms with Crippen LogP contribution in [-0.2, 0) is 6.54 Å². The molecule has 0 bridgehead atoms. The molecule has 1 atom stereocenters. The molecule has 1 aliphatic heterocycles. The first-order valence-electron chi connectivity index (χ1n) is 8.97. The SMILES string of the molecule is Cc1cc(C(=O)N2CCCC2Cn2nc(-n3ccnc3)ccc2=O)c(C)o1. The third kappa shape index (κ3) is 3.30. The van der Waals surface area contributed by atoms with E-state index in [0.717, 1.165) is 18.6 Å². The highest BCUT2D eigenvalue weighted by Crippen LogP contribution is 2.24. The number of amides is 1. The fourth-order valence-electron chi connectivity index (χ4n) is 3.59. The van der Waals surface area contributed by atoms with Gasteiger partial charge in [0.05, 0.1) is 18.2 Å². The molecule has 1 aliphatic rings. The van der Waals surface area contributed by atoms with Gasteiger partial charge in [0.15, 0.2) is 5.82 Å². The molecule has 8 heteroatoms. The standard InChI is InChI=1S/C19H21N5O3/c1-13-10-16(14(2)27-13)19(26)23-8-3-4-15(23)11-24-18(25)6-5-17(21-24)22-9-7-20-12-22/h5-7,9-10,12,15H,3-4,8,11H2,1-2H3. The summed E-state index contributed by atoms with van der Waals surface area (Å²) < 4.78 is 8.67. The summed E-state index contributed by atoms with van der Waals surface area (Å²) in [5.41, 5.74) is 0.403. The van der Waals surface area contributed by atoms with E-state index in [1.165, 1.54) is 10.7 Å². The molecule has 0 N–H and O–H groups in total. The van der Waals surface area contributed by atoms with Crippen LogP contribution in [0.25, 0.3) is 5.82 Å². The van der Waals surface area contributed by atoms with Crippen LogP contribution in [0.2, 0.25) is 0 Å². The van der Waals surface area contributed by atoms with E-state index in [0.29, 0.717) is 30.2 Å². The number of carbonyl (C=O) groups excluding carboxylic acids is 1. The number of hydrogen-bond acceptors (Lipinski definition) is 5. The minimum Gasteiger partial charge on any atom is -0.466 e. The highest BCUT2D eigenvalue weighted by Gasteiger charge is 2.31. The second-order valence-corrected chi connectivity index (χ2v) is 6.80. The molecule has 0 radical (unpaired) electrons. The number of aryl methyl sites for hydroxylation is 2. The summed E-state index contributed by atoms with van der Waals surface area (Å²) in [6.07, 6.45) is 6.80. The van der Waals surface area contributed by atoms with Crippen LogP contribution < -0.4 is 5.56 Å². The minimum absolute atomic E-state index is 0.0503. The molecule has 0 aliphatic carbocycles. The van der Waals surface area contributed by atoms with Crippen molar-refractivity contribution < 1.29 is 9.21 Å². The summed E-state index contributed by atoms with van der Waals surface area (Å²) in [7, 11) is 0. The lowest BCUT2D eigenvalue weighted by molar-refractivity contribution is 0.0718. The Bertz CT molecular complexity index is 1020. The predicted molar refractivity (Wildman–Crippen MR) is 97.9 cm³/mol. The Labute approximate surface area is 156 Å². The second kappa shape index (κ2) is 6.86. The van der Waals surface area contributed by atoms with Crippen molar-refractivity contribution in [3.8, 4) is 5.82 Å². The van der Waals surface area contributed by atoms with E-state index in [-0.39, 0.29) is 17.5 Å². The molecule has 4 rings (SSSR count). The summed E-state index contributed by atoms with van der Waals surface area (Å²) >= 11 is 0. The van der Waals surface area contributed by atoms with Gasteiger partial charge in [-0.1, -0.05) is 0 Å². The van der Waals surface area contributed by atoms with Gasteiger partial charge in [-0.05, 0) is 38.8 Å². The maximum atomic E-state index is 13.0. The van der Waals surface area contributed by atoms with E-state index in [9.17, 15) is 9.59 Å². The van der Waals surface area contributed by atoms with Crippen LogP contribution in [0.15, 0.2) is 46.1 Å². The van der Waals surface area contributed by atoms with Gasteiger partial charge >= 0.3 is 0 Å². The van der Waals surface area contributed by atoms with Gasteiger partial charge in [-0.15, -0.1) is 0 Å². The molecule has 1 unspecified atom stereocenters. The van der Waals surface area contributed by atoms with Crippen molar-refractivity contribution in [3.63, 3.8) is 0 Å². The Morgan fingerprint density at radius 3 is 2.89 bits per heavy atom. The molecule has 8 nitrogen and oxygen atoms in total. The van der Waals surface area contributed by atoms with Gasteiger partial charge in [0.2, 0.25) is 0 Å². The first-order chi connectivity index (χ1) is 13.0. The molecule has 3 aromatic rings. The third-order valence-corrected chi connectivity index (χ3v) is 4.91. The average molecular weight is 367 g/mol. The van der Waals surface area contributed by atoms with Crippen LogP contribution in [0.1, 0.15) is 34.7 Å². The van der Waals surface area contributed by atoms with Gasteiger partial charge in [-0.25, -0.2) is 9.67 Å². The number of likely N-dealkylation sites (tertiary alicyclic amines) is 1. The average Bonchev–Trinajstić information content (AvgIpc) is 3.37. The summed E-state index contributed by atoms with van der Waals surface area (Å²) in [5, 5.41) is 4.44. The smallest absolute Gasteiger partial charge is 0.266 e. The monoisotopic (exact) mass is 367 g/mol. The first kappa shape index (κ1) is 17.3. The Hall–Kier alpha value is -3.16. The van der Waals surface area contributed by atoms with Crippen molar-refractivity contribution in [2.24, 2.45) is 0 Å². The number of aromatic nitrogens is 4. The van der Waals surface area contributed by atoms with Crippen molar-refractivity contribution in [2.75, 3.05) is 6.54 Å².